The molecule has 0 spiro atoms. The van der Waals surface area contributed by atoms with E-state index >= 15 is 0 Å². The highest BCUT2D eigenvalue weighted by molar-refractivity contribution is 7.86. The van der Waals surface area contributed by atoms with Crippen molar-refractivity contribution in [1.82, 2.24) is 0 Å². The van der Waals surface area contributed by atoms with Crippen LogP contribution >= 0.6 is 0 Å². The highest BCUT2D eigenvalue weighted by atomic mass is 32.2. The lowest BCUT2D eigenvalue weighted by atomic mass is 9.79. The van der Waals surface area contributed by atoms with Crippen LogP contribution in [0.3, 0.4) is 0 Å². The molecular formula is C85H99F3N2O13S. The van der Waals surface area contributed by atoms with Gasteiger partial charge in [-0.1, -0.05) is 137 Å². The number of allylic oxidation sites excluding steroid dienone is 7. The quantitative estimate of drug-likeness (QED) is 0.0312. The number of ether oxygens (including phenoxy) is 7. The maximum absolute atomic E-state index is 11.8. The fourth-order valence-corrected chi connectivity index (χ4v) is 16.5. The number of nitrogens with zero attached hydrogens (tertiary/aromatic N) is 2. The number of aliphatic hydroxyl groups excluding tert-OH is 1. The first-order valence-electron chi connectivity index (χ1n) is 36.9. The molecule has 0 amide bonds. The Kier molecular flexibility index (Phi) is 23.8. The van der Waals surface area contributed by atoms with Crippen molar-refractivity contribution in [3.63, 3.8) is 0 Å². The average Bonchev–Trinajstić information content (AvgIpc) is 1.58. The minimum atomic E-state index is -6.09. The molecule has 13 rings (SSSR count). The number of alkyl halides is 3. The van der Waals surface area contributed by atoms with Crippen LogP contribution in [0.2, 0.25) is 0 Å². The van der Waals surface area contributed by atoms with Crippen LogP contribution in [0.5, 0.6) is 17.2 Å². The van der Waals surface area contributed by atoms with Gasteiger partial charge in [0.2, 0.25) is 5.69 Å². The van der Waals surface area contributed by atoms with Crippen molar-refractivity contribution in [2.75, 3.05) is 25.6 Å². The van der Waals surface area contributed by atoms with Crippen LogP contribution in [0, 0.1) is 0 Å². The Labute approximate surface area is 610 Å². The van der Waals surface area contributed by atoms with Crippen molar-refractivity contribution in [1.29, 1.82) is 0 Å². The summed E-state index contributed by atoms with van der Waals surface area (Å²) >= 11 is 0. The van der Waals surface area contributed by atoms with Gasteiger partial charge in [0.1, 0.15) is 24.3 Å². The summed E-state index contributed by atoms with van der Waals surface area (Å²) in [5, 5.41) is 37.6. The molecule has 15 nitrogen and oxygen atoms in total. The number of hydrogen-bond acceptors (Lipinski definition) is 14. The minimum Gasteiger partial charge on any atom is -0.741 e. The van der Waals surface area contributed by atoms with Crippen LogP contribution in [0.4, 0.5) is 24.5 Å². The van der Waals surface area contributed by atoms with Crippen molar-refractivity contribution in [2.45, 2.75) is 222 Å². The summed E-state index contributed by atoms with van der Waals surface area (Å²) in [7, 11) is -1.66. The van der Waals surface area contributed by atoms with Gasteiger partial charge in [-0.05, 0) is 183 Å². The third-order valence-corrected chi connectivity index (χ3v) is 22.2. The molecule has 554 valence electrons. The molecule has 7 aromatic carbocycles. The van der Waals surface area contributed by atoms with Crippen LogP contribution in [0.15, 0.2) is 192 Å². The van der Waals surface area contributed by atoms with Gasteiger partial charge in [0.25, 0.3) is 0 Å². The normalized spacial score (nSPS) is 25.1. The number of anilines is 1. The lowest BCUT2D eigenvalue weighted by molar-refractivity contribution is -0.401. The van der Waals surface area contributed by atoms with E-state index in [1.165, 1.54) is 72.2 Å². The summed E-state index contributed by atoms with van der Waals surface area (Å²) < 4.78 is 108. The topological polar surface area (TPSA) is 189 Å². The lowest BCUT2D eigenvalue weighted by Crippen LogP contribution is -2.36. The molecule has 104 heavy (non-hydrogen) atoms. The fraction of sp³-hybridized carbons (Fsp3) is 0.447. The number of hydrogen-bond donors (Lipinski definition) is 3. The molecule has 6 aliphatic rings. The first-order chi connectivity index (χ1) is 49.8. The van der Waals surface area contributed by atoms with Gasteiger partial charge in [-0.2, -0.15) is 17.7 Å². The number of aliphatic hydroxyl groups is 1. The number of halogens is 3. The standard InChI is InChI=1S/C84H98N2O10.CHF3O3S/c1-9-20-66-53-70(50-63(89)28-18-30-68-52-69(95-81(94-68)59-24-16-27-62(88)48-59)32-19-31-67-51-64(10-2)91-80(93-67)58-23-15-26-61(87)47-58)96-82(92-66)60-25-17-29-65(49-60)90-46-45-71-56(39-43-76-83(3,4)78-72-33-13-11-21-54(72)37-41-74(78)85(76)7)35-36-57(71)40-44-77-84(5,6)79-73-34-14-12-22-55(73)38-42-75(79)86(77)8;2-1(3,4)8(5,6)7/h11-17,21-27,29,33-34,37-44,47-49,63-64,66-70,80-82,89H,9-10,18-20,28,30-32,35-36,45-46,50-53H2,1-8H3,(H-,87,88);(H,5,6,7). The van der Waals surface area contributed by atoms with E-state index in [0.717, 1.165) is 112 Å². The summed E-state index contributed by atoms with van der Waals surface area (Å²) in [4.78, 5) is 2.39. The molecule has 3 fully saturated rings. The fourth-order valence-electron chi connectivity index (χ4n) is 16.5. The summed E-state index contributed by atoms with van der Waals surface area (Å²) in [5.74, 6) is 1.13. The molecule has 3 saturated heterocycles. The molecule has 5 aliphatic heterocycles. The minimum absolute atomic E-state index is 0.00590. The van der Waals surface area contributed by atoms with Crippen molar-refractivity contribution in [2.24, 2.45) is 0 Å². The first-order valence-corrected chi connectivity index (χ1v) is 38.3. The molecule has 0 aromatic heterocycles. The third kappa shape index (κ3) is 17.4. The molecule has 10 unspecified atom stereocenters. The SMILES string of the molecule is CCCC1CC(CC(O)CCCC2CC(CCCC3CC(CC)OC(c4cccc(O)c4)O3)OC(c3cccc(O)c3)O2)OC(c2cccc(OCCC3=C(/C=C/C4=[N+](C)c5ccc6ccccc6c5C4(C)C)CC/C3=C\C=C3\N(C)c4ccc5ccccc5c4C3(C)C)c2)O1.O=S(=O)([O-])C(F)(F)F. The Bertz CT molecular complexity index is 4490. The molecule has 1 aliphatic carbocycles. The van der Waals surface area contributed by atoms with Gasteiger partial charge in [0.05, 0.1) is 54.7 Å². The second kappa shape index (κ2) is 32.6. The predicted octanol–water partition coefficient (Wildman–Crippen LogP) is 19.0. The second-order valence-electron chi connectivity index (χ2n) is 29.7. The van der Waals surface area contributed by atoms with Crippen molar-refractivity contribution < 1.29 is 79.2 Å². The number of rotatable bonds is 23. The zero-order chi connectivity index (χ0) is 73.7. The van der Waals surface area contributed by atoms with E-state index in [-0.39, 0.29) is 59.0 Å². The number of fused-ring (bicyclic) bond motifs is 6. The lowest BCUT2D eigenvalue weighted by Gasteiger charge is -2.38. The van der Waals surface area contributed by atoms with Gasteiger partial charge < -0.3 is 57.9 Å². The van der Waals surface area contributed by atoms with Crippen molar-refractivity contribution in [3.05, 3.63) is 220 Å². The van der Waals surface area contributed by atoms with Crippen molar-refractivity contribution >= 4 is 48.7 Å². The zero-order valence-corrected chi connectivity index (χ0v) is 61.6. The summed E-state index contributed by atoms with van der Waals surface area (Å²) in [6.45, 7) is 14.3. The van der Waals surface area contributed by atoms with E-state index in [2.05, 4.69) is 174 Å². The maximum atomic E-state index is 11.8. The number of phenolic OH excluding ortho intramolecular Hbond substituents is 2. The van der Waals surface area contributed by atoms with E-state index < -0.39 is 40.6 Å². The van der Waals surface area contributed by atoms with Gasteiger partial charge in [-0.15, -0.1) is 0 Å². The van der Waals surface area contributed by atoms with Gasteiger partial charge in [-0.25, -0.2) is 8.42 Å². The molecule has 0 saturated carbocycles. The molecule has 7 aromatic rings. The Morgan fingerprint density at radius 1 is 0.635 bits per heavy atom. The van der Waals surface area contributed by atoms with E-state index in [1.807, 2.05) is 36.4 Å². The highest BCUT2D eigenvalue weighted by Gasteiger charge is 2.45. The first kappa shape index (κ1) is 76.0. The number of phenols is 2. The molecular weight excluding hydrogens is 1350 g/mol. The van der Waals surface area contributed by atoms with E-state index in [4.69, 9.17) is 46.1 Å². The third-order valence-electron chi connectivity index (χ3n) is 21.6. The molecule has 10 atom stereocenters. The Morgan fingerprint density at radius 3 is 1.76 bits per heavy atom. The predicted molar refractivity (Wildman–Crippen MR) is 398 cm³/mol. The Balaban J connectivity index is 0.00000120. The van der Waals surface area contributed by atoms with Gasteiger partial charge in [0, 0.05) is 83.9 Å². The smallest absolute Gasteiger partial charge is 0.485 e. The molecule has 0 bridgehead atoms. The van der Waals surface area contributed by atoms with Crippen LogP contribution < -0.4 is 9.64 Å². The van der Waals surface area contributed by atoms with Crippen LogP contribution in [0.1, 0.15) is 191 Å². The maximum Gasteiger partial charge on any atom is 0.485 e. The van der Waals surface area contributed by atoms with Crippen LogP contribution in [-0.2, 0) is 49.4 Å². The second-order valence-corrected chi connectivity index (χ2v) is 31.0. The van der Waals surface area contributed by atoms with E-state index in [1.54, 1.807) is 24.3 Å². The zero-order valence-electron chi connectivity index (χ0n) is 60.8. The monoisotopic (exact) mass is 1440 g/mol. The molecule has 19 heteroatoms. The van der Waals surface area contributed by atoms with Crippen LogP contribution in [0.25, 0.3) is 21.5 Å². The number of benzene rings is 7. The average molecular weight is 1450 g/mol. The Morgan fingerprint density at radius 2 is 1.16 bits per heavy atom. The summed E-state index contributed by atoms with van der Waals surface area (Å²) in [6, 6.07) is 49.1. The Hall–Kier alpha value is -7.69. The van der Waals surface area contributed by atoms with Gasteiger partial charge in [0.15, 0.2) is 34.7 Å². The molecule has 0 radical (unpaired) electrons. The van der Waals surface area contributed by atoms with Gasteiger partial charge in [-0.3, -0.25) is 0 Å². The number of aromatic hydroxyl groups is 2. The van der Waals surface area contributed by atoms with Crippen LogP contribution in [-0.4, -0.2) is 108 Å². The highest BCUT2D eigenvalue weighted by Crippen LogP contribution is 2.51. The molecule has 5 heterocycles. The summed E-state index contributed by atoms with van der Waals surface area (Å²) in [5.41, 5.74) is 8.36. The van der Waals surface area contributed by atoms with E-state index in [0.29, 0.717) is 19.4 Å². The largest absolute Gasteiger partial charge is 0.741 e. The molecule has 3 N–H and O–H groups in total. The van der Waals surface area contributed by atoms with E-state index in [9.17, 15) is 28.5 Å². The summed E-state index contributed by atoms with van der Waals surface area (Å²) in [6.07, 6.45) is 19.9. The number of likely N-dealkylation sites (N-methyl/N-ethyl adjacent to an activating group) is 1. The van der Waals surface area contributed by atoms with Crippen molar-refractivity contribution in [3.8, 4) is 17.2 Å². The van der Waals surface area contributed by atoms with Gasteiger partial charge >= 0.3 is 5.51 Å².